The summed E-state index contributed by atoms with van der Waals surface area (Å²) in [6.07, 6.45) is -1.08. The maximum atomic E-state index is 13.0. The van der Waals surface area contributed by atoms with E-state index in [1.54, 1.807) is 14.2 Å². The largest absolute Gasteiger partial charge is 0.497 e. The van der Waals surface area contributed by atoms with E-state index in [1.807, 2.05) is 45.0 Å². The molecule has 0 aliphatic carbocycles. The number of ether oxygens (including phenoxy) is 5. The van der Waals surface area contributed by atoms with Gasteiger partial charge in [-0.25, -0.2) is 0 Å². The van der Waals surface area contributed by atoms with Crippen molar-refractivity contribution in [3.63, 3.8) is 0 Å². The SMILES string of the molecule is CCOC(=O)C(C)(C)[C@@H](C[C@@H]1O[C@H](c2ccc(OC)cc2)OC[C@H]1OC)O[Si](C)(C)C(C)(C)C. The van der Waals surface area contributed by atoms with Gasteiger partial charge in [0.05, 0.1) is 37.9 Å². The van der Waals surface area contributed by atoms with Crippen LogP contribution in [0.25, 0.3) is 0 Å². The second-order valence-corrected chi connectivity index (χ2v) is 15.7. The minimum Gasteiger partial charge on any atom is -0.497 e. The van der Waals surface area contributed by atoms with Crippen LogP contribution in [0.2, 0.25) is 18.1 Å². The minimum atomic E-state index is -2.20. The van der Waals surface area contributed by atoms with E-state index in [9.17, 15) is 4.79 Å². The van der Waals surface area contributed by atoms with E-state index in [0.717, 1.165) is 11.3 Å². The molecule has 1 heterocycles. The van der Waals surface area contributed by atoms with Crippen LogP contribution >= 0.6 is 0 Å². The Morgan fingerprint density at radius 3 is 2.24 bits per heavy atom. The second kappa shape index (κ2) is 11.5. The van der Waals surface area contributed by atoms with Crippen molar-refractivity contribution >= 4 is 14.3 Å². The number of carbonyl (C=O) groups is 1. The summed E-state index contributed by atoms with van der Waals surface area (Å²) in [4.78, 5) is 13.0. The molecule has 8 heteroatoms. The number of hydrogen-bond acceptors (Lipinski definition) is 7. The predicted octanol–water partition coefficient (Wildman–Crippen LogP) is 5.49. The summed E-state index contributed by atoms with van der Waals surface area (Å²) in [7, 11) is 1.08. The van der Waals surface area contributed by atoms with Gasteiger partial charge in [-0.15, -0.1) is 0 Å². The van der Waals surface area contributed by atoms with Crippen molar-refractivity contribution in [2.45, 2.75) is 90.7 Å². The lowest BCUT2D eigenvalue weighted by molar-refractivity contribution is -0.267. The van der Waals surface area contributed by atoms with E-state index in [1.165, 1.54) is 0 Å². The van der Waals surface area contributed by atoms with Crippen LogP contribution in [-0.4, -0.2) is 60.0 Å². The van der Waals surface area contributed by atoms with Crippen LogP contribution < -0.4 is 4.74 Å². The van der Waals surface area contributed by atoms with Crippen molar-refractivity contribution < 1.29 is 32.9 Å². The summed E-state index contributed by atoms with van der Waals surface area (Å²) in [6, 6.07) is 7.62. The topological polar surface area (TPSA) is 72.5 Å². The van der Waals surface area contributed by atoms with Crippen molar-refractivity contribution in [3.05, 3.63) is 29.8 Å². The van der Waals surface area contributed by atoms with Gasteiger partial charge in [-0.2, -0.15) is 0 Å². The van der Waals surface area contributed by atoms with Gasteiger partial charge in [0.25, 0.3) is 0 Å². The van der Waals surface area contributed by atoms with Crippen molar-refractivity contribution in [1.82, 2.24) is 0 Å². The van der Waals surface area contributed by atoms with Gasteiger partial charge in [0, 0.05) is 19.1 Å². The van der Waals surface area contributed by atoms with Gasteiger partial charge in [0.2, 0.25) is 0 Å². The van der Waals surface area contributed by atoms with E-state index in [-0.39, 0.29) is 23.2 Å². The molecule has 0 saturated carbocycles. The summed E-state index contributed by atoms with van der Waals surface area (Å²) in [5.74, 6) is 0.497. The number of rotatable bonds is 10. The highest BCUT2D eigenvalue weighted by Crippen LogP contribution is 2.42. The number of benzene rings is 1. The minimum absolute atomic E-state index is 0.0151. The van der Waals surface area contributed by atoms with Gasteiger partial charge in [0.15, 0.2) is 14.6 Å². The molecule has 0 spiro atoms. The molecule has 34 heavy (non-hydrogen) atoms. The van der Waals surface area contributed by atoms with Gasteiger partial charge in [-0.3, -0.25) is 4.79 Å². The summed E-state index contributed by atoms with van der Waals surface area (Å²) in [5.41, 5.74) is 0.0352. The first-order valence-electron chi connectivity index (χ1n) is 12.1. The molecule has 0 bridgehead atoms. The monoisotopic (exact) mass is 496 g/mol. The molecule has 1 aromatic carbocycles. The number of hydrogen-bond donors (Lipinski definition) is 0. The Morgan fingerprint density at radius 2 is 1.74 bits per heavy atom. The van der Waals surface area contributed by atoms with Gasteiger partial charge in [-0.05, 0) is 51.0 Å². The van der Waals surface area contributed by atoms with Crippen LogP contribution in [0.1, 0.15) is 59.8 Å². The van der Waals surface area contributed by atoms with Gasteiger partial charge >= 0.3 is 5.97 Å². The Hall–Kier alpha value is -1.45. The van der Waals surface area contributed by atoms with E-state index >= 15 is 0 Å². The molecular formula is C26H44O7Si. The maximum absolute atomic E-state index is 13.0. The third-order valence-corrected chi connectivity index (χ3v) is 11.6. The first-order chi connectivity index (χ1) is 15.8. The molecule has 1 aliphatic rings. The van der Waals surface area contributed by atoms with Crippen molar-refractivity contribution in [3.8, 4) is 5.75 Å². The third-order valence-electron chi connectivity index (χ3n) is 7.11. The lowest BCUT2D eigenvalue weighted by Gasteiger charge is -2.45. The van der Waals surface area contributed by atoms with Gasteiger partial charge in [0.1, 0.15) is 11.9 Å². The van der Waals surface area contributed by atoms with E-state index in [4.69, 9.17) is 28.1 Å². The molecule has 1 fully saturated rings. The average Bonchev–Trinajstić information content (AvgIpc) is 2.77. The maximum Gasteiger partial charge on any atom is 0.314 e. The highest BCUT2D eigenvalue weighted by Gasteiger charge is 2.48. The molecule has 1 aliphatic heterocycles. The number of esters is 1. The van der Waals surface area contributed by atoms with Crippen LogP contribution in [0, 0.1) is 5.41 Å². The molecule has 0 aromatic heterocycles. The lowest BCUT2D eigenvalue weighted by Crippen LogP contribution is -2.53. The Morgan fingerprint density at radius 1 is 1.12 bits per heavy atom. The number of carbonyl (C=O) groups excluding carboxylic acids is 1. The molecule has 4 atom stereocenters. The summed E-state index contributed by atoms with van der Waals surface area (Å²) in [5, 5.41) is -0.0151. The normalized spacial score (nSPS) is 22.8. The molecule has 0 amide bonds. The quantitative estimate of drug-likeness (QED) is 0.313. The predicted molar refractivity (Wildman–Crippen MR) is 134 cm³/mol. The molecule has 1 aromatic rings. The molecule has 7 nitrogen and oxygen atoms in total. The highest BCUT2D eigenvalue weighted by atomic mass is 28.4. The summed E-state index contributed by atoms with van der Waals surface area (Å²) in [6.45, 7) is 17.3. The van der Waals surface area contributed by atoms with Crippen molar-refractivity contribution in [2.24, 2.45) is 5.41 Å². The van der Waals surface area contributed by atoms with Gasteiger partial charge in [-0.1, -0.05) is 32.9 Å². The van der Waals surface area contributed by atoms with E-state index in [2.05, 4.69) is 33.9 Å². The Bertz CT molecular complexity index is 785. The first-order valence-corrected chi connectivity index (χ1v) is 15.0. The Balaban J connectivity index is 2.33. The highest BCUT2D eigenvalue weighted by molar-refractivity contribution is 6.74. The Kier molecular flexibility index (Phi) is 9.75. The molecule has 2 rings (SSSR count). The zero-order valence-electron chi connectivity index (χ0n) is 22.6. The van der Waals surface area contributed by atoms with Crippen LogP contribution in [0.3, 0.4) is 0 Å². The second-order valence-electron chi connectivity index (χ2n) is 10.9. The molecule has 1 saturated heterocycles. The lowest BCUT2D eigenvalue weighted by atomic mass is 9.83. The third kappa shape index (κ3) is 6.82. The zero-order chi connectivity index (χ0) is 25.7. The van der Waals surface area contributed by atoms with Gasteiger partial charge < -0.3 is 28.1 Å². The van der Waals surface area contributed by atoms with Crippen LogP contribution in [0.15, 0.2) is 24.3 Å². The summed E-state index contributed by atoms with van der Waals surface area (Å²) < 4.78 is 35.6. The molecule has 0 radical (unpaired) electrons. The van der Waals surface area contributed by atoms with Crippen LogP contribution in [0.5, 0.6) is 5.75 Å². The fraction of sp³-hybridized carbons (Fsp3) is 0.731. The van der Waals surface area contributed by atoms with E-state index < -0.39 is 26.1 Å². The molecule has 194 valence electrons. The average molecular weight is 497 g/mol. The van der Waals surface area contributed by atoms with Crippen LogP contribution in [0.4, 0.5) is 0 Å². The fourth-order valence-corrected chi connectivity index (χ4v) is 5.08. The molecule has 0 N–H and O–H groups in total. The first kappa shape index (κ1) is 28.8. The summed E-state index contributed by atoms with van der Waals surface area (Å²) >= 11 is 0. The van der Waals surface area contributed by atoms with Crippen LogP contribution in [-0.2, 0) is 28.2 Å². The van der Waals surface area contributed by atoms with E-state index in [0.29, 0.717) is 19.6 Å². The smallest absolute Gasteiger partial charge is 0.314 e. The standard InChI is InChI=1S/C26H44O7Si/c1-11-30-24(27)26(5,6)22(33-34(9,10)25(2,3)4)16-20-21(29-8)17-31-23(32-20)18-12-14-19(28-7)15-13-18/h12-15,20-23H,11,16-17H2,1-10H3/t20-,21+,22+,23+/m0/s1. The number of methoxy groups -OCH3 is 2. The zero-order valence-corrected chi connectivity index (χ0v) is 23.6. The van der Waals surface area contributed by atoms with Crippen molar-refractivity contribution in [1.29, 1.82) is 0 Å². The fourth-order valence-electron chi connectivity index (χ4n) is 3.62. The Labute approximate surface area is 206 Å². The molecule has 0 unspecified atom stereocenters. The van der Waals surface area contributed by atoms with Crippen molar-refractivity contribution in [2.75, 3.05) is 27.4 Å². The molecular weight excluding hydrogens is 452 g/mol.